The van der Waals surface area contributed by atoms with E-state index in [-0.39, 0.29) is 0 Å². The molecule has 6 nitrogen and oxygen atoms in total. The van der Waals surface area contributed by atoms with Crippen molar-refractivity contribution in [2.24, 2.45) is 0 Å². The highest BCUT2D eigenvalue weighted by Gasteiger charge is 2.15. The molecule has 2 heterocycles. The van der Waals surface area contributed by atoms with Crippen molar-refractivity contribution in [2.75, 3.05) is 0 Å². The smallest absolute Gasteiger partial charge is 0.209 e. The number of nitrogens with zero attached hydrogens (tertiary/aromatic N) is 6. The fraction of sp³-hybridized carbons (Fsp3) is 0.0588. The van der Waals surface area contributed by atoms with Crippen molar-refractivity contribution in [3.05, 3.63) is 71.4 Å². The molecular weight excluding hydrogens is 356 g/mol. The van der Waals surface area contributed by atoms with Gasteiger partial charge in [-0.1, -0.05) is 48.0 Å². The summed E-state index contributed by atoms with van der Waals surface area (Å²) in [6, 6.07) is 17.4. The van der Waals surface area contributed by atoms with Crippen LogP contribution < -0.4 is 0 Å². The second-order valence-electron chi connectivity index (χ2n) is 5.40. The van der Waals surface area contributed by atoms with E-state index in [0.717, 1.165) is 11.3 Å². The molecule has 25 heavy (non-hydrogen) atoms. The number of thiol groups is 1. The third-order valence-corrected chi connectivity index (χ3v) is 4.32. The lowest BCUT2D eigenvalue weighted by Crippen LogP contribution is -2.03. The van der Waals surface area contributed by atoms with Gasteiger partial charge in [0.2, 0.25) is 5.82 Å². The Morgan fingerprint density at radius 1 is 1.04 bits per heavy atom. The molecule has 4 aromatic rings. The number of hydrogen-bond acceptors (Lipinski definition) is 5. The molecule has 0 saturated heterocycles. The second-order valence-corrected chi connectivity index (χ2v) is 6.26. The summed E-state index contributed by atoms with van der Waals surface area (Å²) in [6.45, 7) is 0.554. The number of tetrazole rings is 1. The highest BCUT2D eigenvalue weighted by atomic mass is 35.5. The monoisotopic (exact) mass is 368 g/mol. The minimum absolute atomic E-state index is 0.481. The van der Waals surface area contributed by atoms with Crippen LogP contribution in [0.15, 0.2) is 65.8 Å². The van der Waals surface area contributed by atoms with Gasteiger partial charge in [0.15, 0.2) is 0 Å². The number of benzene rings is 2. The largest absolute Gasteiger partial charge is 0.227 e. The van der Waals surface area contributed by atoms with Crippen molar-refractivity contribution in [3.63, 3.8) is 0 Å². The number of rotatable bonds is 4. The first-order valence-electron chi connectivity index (χ1n) is 7.56. The summed E-state index contributed by atoms with van der Waals surface area (Å²) in [5.41, 5.74) is 2.63. The average Bonchev–Trinajstić information content (AvgIpc) is 3.22. The van der Waals surface area contributed by atoms with Crippen LogP contribution >= 0.6 is 24.2 Å². The van der Waals surface area contributed by atoms with Gasteiger partial charge in [0.25, 0.3) is 0 Å². The zero-order valence-electron chi connectivity index (χ0n) is 13.0. The third kappa shape index (κ3) is 3.29. The van der Waals surface area contributed by atoms with Crippen molar-refractivity contribution in [1.82, 2.24) is 30.0 Å². The Balaban J connectivity index is 1.63. The summed E-state index contributed by atoms with van der Waals surface area (Å²) >= 11 is 10.6. The van der Waals surface area contributed by atoms with Gasteiger partial charge in [0.1, 0.15) is 5.03 Å². The molecule has 2 aromatic heterocycles. The quantitative estimate of drug-likeness (QED) is 0.560. The Labute approximate surface area is 154 Å². The van der Waals surface area contributed by atoms with Crippen LogP contribution in [0.2, 0.25) is 5.02 Å². The highest BCUT2D eigenvalue weighted by molar-refractivity contribution is 7.80. The van der Waals surface area contributed by atoms with Gasteiger partial charge in [-0.25, -0.2) is 4.68 Å². The van der Waals surface area contributed by atoms with E-state index < -0.39 is 0 Å². The maximum Gasteiger partial charge on any atom is 0.209 e. The zero-order chi connectivity index (χ0) is 17.2. The first kappa shape index (κ1) is 15.9. The van der Waals surface area contributed by atoms with E-state index in [9.17, 15) is 0 Å². The standard InChI is InChI=1S/C17H13ClN6S/c18-13-7-4-8-14(9-13)24-17(25)15(10-19-24)16-20-22-23(21-16)11-12-5-2-1-3-6-12/h1-10,25H,11H2. The highest BCUT2D eigenvalue weighted by Crippen LogP contribution is 2.26. The van der Waals surface area contributed by atoms with Crippen molar-refractivity contribution in [1.29, 1.82) is 0 Å². The summed E-state index contributed by atoms with van der Waals surface area (Å²) < 4.78 is 1.68. The third-order valence-electron chi connectivity index (χ3n) is 3.66. The number of aromatic nitrogens is 6. The van der Waals surface area contributed by atoms with Crippen molar-refractivity contribution >= 4 is 24.2 Å². The summed E-state index contributed by atoms with van der Waals surface area (Å²) in [5, 5.41) is 18.3. The normalized spacial score (nSPS) is 11.0. The van der Waals surface area contributed by atoms with E-state index in [4.69, 9.17) is 11.6 Å². The predicted molar refractivity (Wildman–Crippen MR) is 98.2 cm³/mol. The predicted octanol–water partition coefficient (Wildman–Crippen LogP) is 3.52. The van der Waals surface area contributed by atoms with Gasteiger partial charge in [0.05, 0.1) is 24.0 Å². The van der Waals surface area contributed by atoms with Crippen molar-refractivity contribution in [2.45, 2.75) is 11.6 Å². The van der Waals surface area contributed by atoms with E-state index in [1.54, 1.807) is 15.7 Å². The van der Waals surface area contributed by atoms with Gasteiger partial charge in [-0.05, 0) is 29.0 Å². The first-order chi connectivity index (χ1) is 12.2. The molecule has 0 N–H and O–H groups in total. The second kappa shape index (κ2) is 6.70. The lowest BCUT2D eigenvalue weighted by molar-refractivity contribution is 0.573. The van der Waals surface area contributed by atoms with Gasteiger partial charge in [0, 0.05) is 5.02 Å². The number of halogens is 1. The Kier molecular flexibility index (Phi) is 4.25. The summed E-state index contributed by atoms with van der Waals surface area (Å²) in [4.78, 5) is 1.55. The minimum atomic E-state index is 0.481. The molecule has 4 rings (SSSR count). The Morgan fingerprint density at radius 2 is 1.88 bits per heavy atom. The Morgan fingerprint density at radius 3 is 2.68 bits per heavy atom. The first-order valence-corrected chi connectivity index (χ1v) is 8.38. The van der Waals surface area contributed by atoms with Crippen LogP contribution in [0.4, 0.5) is 0 Å². The maximum atomic E-state index is 6.05. The van der Waals surface area contributed by atoms with Crippen molar-refractivity contribution in [3.8, 4) is 17.1 Å². The van der Waals surface area contributed by atoms with Gasteiger partial charge >= 0.3 is 0 Å². The van der Waals surface area contributed by atoms with Crippen LogP contribution in [-0.2, 0) is 6.54 Å². The van der Waals surface area contributed by atoms with E-state index in [0.29, 0.717) is 28.0 Å². The molecule has 0 spiro atoms. The molecular formula is C17H13ClN6S. The van der Waals surface area contributed by atoms with E-state index in [2.05, 4.69) is 33.1 Å². The van der Waals surface area contributed by atoms with E-state index >= 15 is 0 Å². The lowest BCUT2D eigenvalue weighted by atomic mass is 10.2. The average molecular weight is 369 g/mol. The van der Waals surface area contributed by atoms with Crippen molar-refractivity contribution < 1.29 is 0 Å². The molecule has 2 aromatic carbocycles. The fourth-order valence-electron chi connectivity index (χ4n) is 2.46. The van der Waals surface area contributed by atoms with Gasteiger partial charge in [-0.15, -0.1) is 22.8 Å². The summed E-state index contributed by atoms with van der Waals surface area (Å²) in [6.07, 6.45) is 1.67. The molecule has 0 unspecified atom stereocenters. The molecule has 0 aliphatic rings. The SMILES string of the molecule is Sc1c(-c2nnn(Cc3ccccc3)n2)cnn1-c1cccc(Cl)c1. The summed E-state index contributed by atoms with van der Waals surface area (Å²) in [5.74, 6) is 0.481. The molecule has 124 valence electrons. The zero-order valence-corrected chi connectivity index (χ0v) is 14.6. The van der Waals surface area contributed by atoms with Crippen LogP contribution in [0.25, 0.3) is 17.1 Å². The fourth-order valence-corrected chi connectivity index (χ4v) is 2.97. The molecule has 0 aliphatic heterocycles. The lowest BCUT2D eigenvalue weighted by Gasteiger charge is -2.04. The van der Waals surface area contributed by atoms with E-state index in [1.807, 2.05) is 54.6 Å². The maximum absolute atomic E-state index is 6.05. The summed E-state index contributed by atoms with van der Waals surface area (Å²) in [7, 11) is 0. The van der Waals surface area contributed by atoms with Crippen LogP contribution in [0.1, 0.15) is 5.56 Å². The van der Waals surface area contributed by atoms with Crippen LogP contribution in [0.3, 0.4) is 0 Å². The van der Waals surface area contributed by atoms with Gasteiger partial charge < -0.3 is 0 Å². The molecule has 0 bridgehead atoms. The molecule has 0 radical (unpaired) electrons. The van der Waals surface area contributed by atoms with Crippen LogP contribution in [-0.4, -0.2) is 30.0 Å². The molecule has 0 saturated carbocycles. The Hall–Kier alpha value is -2.64. The molecule has 0 aliphatic carbocycles. The van der Waals surface area contributed by atoms with Crippen LogP contribution in [0, 0.1) is 0 Å². The molecule has 0 amide bonds. The van der Waals surface area contributed by atoms with E-state index in [1.165, 1.54) is 0 Å². The van der Waals surface area contributed by atoms with Gasteiger partial charge in [-0.2, -0.15) is 9.90 Å². The topological polar surface area (TPSA) is 61.4 Å². The molecule has 0 atom stereocenters. The molecule has 8 heteroatoms. The van der Waals surface area contributed by atoms with Crippen LogP contribution in [0.5, 0.6) is 0 Å². The Bertz CT molecular complexity index is 1010. The molecule has 0 fully saturated rings. The number of hydrogen-bond donors (Lipinski definition) is 1. The van der Waals surface area contributed by atoms with Gasteiger partial charge in [-0.3, -0.25) is 0 Å². The minimum Gasteiger partial charge on any atom is -0.227 e.